The molecule has 0 aromatic carbocycles. The fourth-order valence-corrected chi connectivity index (χ4v) is 1.67. The fourth-order valence-electron chi connectivity index (χ4n) is 1.49. The summed E-state index contributed by atoms with van der Waals surface area (Å²) in [6, 6.07) is 1.05. The van der Waals surface area contributed by atoms with Crippen LogP contribution in [0.4, 0.5) is 5.69 Å². The Balaban J connectivity index is 2.80. The van der Waals surface area contributed by atoms with Gasteiger partial charge in [-0.15, -0.1) is 0 Å². The minimum absolute atomic E-state index is 0.0239. The van der Waals surface area contributed by atoms with E-state index in [2.05, 4.69) is 4.98 Å². The number of nitro groups is 1. The lowest BCUT2D eigenvalue weighted by atomic mass is 10.2. The number of halogens is 1. The number of pyridine rings is 1. The number of ether oxygens (including phenoxy) is 1. The minimum atomic E-state index is -0.668. The molecule has 0 radical (unpaired) electrons. The number of carbonyl (C=O) groups is 2. The highest BCUT2D eigenvalue weighted by Crippen LogP contribution is 2.20. The van der Waals surface area contributed by atoms with Gasteiger partial charge in [-0.3, -0.25) is 19.7 Å². The van der Waals surface area contributed by atoms with Crippen LogP contribution < -0.4 is 0 Å². The van der Waals surface area contributed by atoms with Crippen LogP contribution in [-0.2, 0) is 9.53 Å². The summed E-state index contributed by atoms with van der Waals surface area (Å²) in [4.78, 5) is 38.2. The van der Waals surface area contributed by atoms with E-state index in [1.807, 2.05) is 0 Å². The Morgan fingerprint density at radius 2 is 2.19 bits per heavy atom. The largest absolute Gasteiger partial charge is 0.466 e. The summed E-state index contributed by atoms with van der Waals surface area (Å²) in [6.45, 7) is 2.05. The highest BCUT2D eigenvalue weighted by Gasteiger charge is 2.20. The summed E-state index contributed by atoms with van der Waals surface area (Å²) in [5, 5.41) is 10.5. The Bertz CT molecular complexity index is 564. The Morgan fingerprint density at radius 3 is 2.76 bits per heavy atom. The molecule has 8 nitrogen and oxygen atoms in total. The van der Waals surface area contributed by atoms with Crippen LogP contribution in [0.1, 0.15) is 23.7 Å². The Labute approximate surface area is 125 Å². The third-order valence-corrected chi connectivity index (χ3v) is 2.87. The highest BCUT2D eigenvalue weighted by atomic mass is 35.5. The van der Waals surface area contributed by atoms with E-state index in [4.69, 9.17) is 16.3 Å². The summed E-state index contributed by atoms with van der Waals surface area (Å²) in [5.74, 6) is -0.985. The summed E-state index contributed by atoms with van der Waals surface area (Å²) in [7, 11) is 1.46. The van der Waals surface area contributed by atoms with Crippen molar-refractivity contribution in [2.45, 2.75) is 13.3 Å². The molecule has 1 aromatic rings. The molecule has 114 valence electrons. The third kappa shape index (κ3) is 4.67. The molecule has 0 saturated carbocycles. The van der Waals surface area contributed by atoms with Crippen molar-refractivity contribution < 1.29 is 19.2 Å². The average molecular weight is 316 g/mol. The van der Waals surface area contributed by atoms with Crippen molar-refractivity contribution in [1.82, 2.24) is 9.88 Å². The predicted octanol–water partition coefficient (Wildman–Crippen LogP) is 1.67. The summed E-state index contributed by atoms with van der Waals surface area (Å²) in [5.41, 5.74) is -0.418. The van der Waals surface area contributed by atoms with E-state index in [1.54, 1.807) is 6.92 Å². The van der Waals surface area contributed by atoms with E-state index in [9.17, 15) is 19.7 Å². The fraction of sp³-hybridized carbons (Fsp3) is 0.417. The number of amides is 1. The van der Waals surface area contributed by atoms with Crippen LogP contribution in [0.2, 0.25) is 5.15 Å². The maximum Gasteiger partial charge on any atom is 0.307 e. The Hall–Kier alpha value is -2.22. The van der Waals surface area contributed by atoms with E-state index in [0.717, 1.165) is 12.3 Å². The molecule has 0 unspecified atom stereocenters. The number of aromatic nitrogens is 1. The molecule has 1 amide bonds. The van der Waals surface area contributed by atoms with Gasteiger partial charge in [-0.05, 0) is 6.92 Å². The van der Waals surface area contributed by atoms with Gasteiger partial charge in [-0.25, -0.2) is 4.98 Å². The highest BCUT2D eigenvalue weighted by molar-refractivity contribution is 6.32. The van der Waals surface area contributed by atoms with E-state index in [0.29, 0.717) is 0 Å². The zero-order valence-electron chi connectivity index (χ0n) is 11.5. The molecule has 9 heteroatoms. The number of hydrogen-bond acceptors (Lipinski definition) is 6. The van der Waals surface area contributed by atoms with Gasteiger partial charge in [-0.1, -0.05) is 11.6 Å². The zero-order chi connectivity index (χ0) is 16.0. The van der Waals surface area contributed by atoms with Crippen molar-refractivity contribution >= 4 is 29.2 Å². The van der Waals surface area contributed by atoms with Crippen molar-refractivity contribution in [2.24, 2.45) is 0 Å². The van der Waals surface area contributed by atoms with Crippen molar-refractivity contribution in [3.63, 3.8) is 0 Å². The normalized spacial score (nSPS) is 10.0. The first-order valence-corrected chi connectivity index (χ1v) is 6.45. The average Bonchev–Trinajstić information content (AvgIpc) is 2.44. The second kappa shape index (κ2) is 7.53. The van der Waals surface area contributed by atoms with Crippen molar-refractivity contribution in [2.75, 3.05) is 20.2 Å². The third-order valence-electron chi connectivity index (χ3n) is 2.57. The number of nitrogens with zero attached hydrogens (tertiary/aromatic N) is 3. The van der Waals surface area contributed by atoms with Gasteiger partial charge in [0.2, 0.25) is 0 Å². The van der Waals surface area contributed by atoms with Gasteiger partial charge in [0.05, 0.1) is 23.5 Å². The molecule has 0 aliphatic heterocycles. The van der Waals surface area contributed by atoms with Crippen LogP contribution in [-0.4, -0.2) is 46.9 Å². The SMILES string of the molecule is CCOC(=O)CCN(C)C(=O)c1cc([N+](=O)[O-])cnc1Cl. The molecule has 0 atom stereocenters. The van der Waals surface area contributed by atoms with Crippen LogP contribution in [0.25, 0.3) is 0 Å². The lowest BCUT2D eigenvalue weighted by Crippen LogP contribution is -2.29. The van der Waals surface area contributed by atoms with E-state index in [-0.39, 0.29) is 36.0 Å². The van der Waals surface area contributed by atoms with Gasteiger partial charge >= 0.3 is 5.97 Å². The van der Waals surface area contributed by atoms with Crippen LogP contribution in [0.3, 0.4) is 0 Å². The summed E-state index contributed by atoms with van der Waals surface area (Å²) >= 11 is 5.78. The van der Waals surface area contributed by atoms with Gasteiger partial charge in [0, 0.05) is 19.7 Å². The van der Waals surface area contributed by atoms with Crippen LogP contribution in [0.5, 0.6) is 0 Å². The zero-order valence-corrected chi connectivity index (χ0v) is 12.3. The molecule has 0 N–H and O–H groups in total. The molecule has 0 fully saturated rings. The van der Waals surface area contributed by atoms with E-state index >= 15 is 0 Å². The molecule has 0 aliphatic carbocycles. The monoisotopic (exact) mass is 315 g/mol. The first-order valence-electron chi connectivity index (χ1n) is 6.07. The summed E-state index contributed by atoms with van der Waals surface area (Å²) in [6.07, 6.45) is 0.994. The van der Waals surface area contributed by atoms with Crippen LogP contribution >= 0.6 is 11.6 Å². The minimum Gasteiger partial charge on any atom is -0.466 e. The van der Waals surface area contributed by atoms with Gasteiger partial charge in [-0.2, -0.15) is 0 Å². The molecule has 0 aliphatic rings. The van der Waals surface area contributed by atoms with Crippen molar-refractivity contribution in [3.05, 3.63) is 33.1 Å². The van der Waals surface area contributed by atoms with Crippen molar-refractivity contribution in [1.29, 1.82) is 0 Å². The van der Waals surface area contributed by atoms with Gasteiger partial charge in [0.15, 0.2) is 0 Å². The number of rotatable bonds is 6. The quantitative estimate of drug-likeness (QED) is 0.342. The topological polar surface area (TPSA) is 103 Å². The molecule has 1 rings (SSSR count). The Kier molecular flexibility index (Phi) is 6.04. The lowest BCUT2D eigenvalue weighted by molar-refractivity contribution is -0.385. The molecular formula is C12H14ClN3O5. The first kappa shape index (κ1) is 16.8. The summed E-state index contributed by atoms with van der Waals surface area (Å²) < 4.78 is 4.75. The van der Waals surface area contributed by atoms with E-state index < -0.39 is 16.8 Å². The molecule has 1 heterocycles. The molecule has 0 bridgehead atoms. The maximum absolute atomic E-state index is 12.1. The Morgan fingerprint density at radius 1 is 1.52 bits per heavy atom. The van der Waals surface area contributed by atoms with Gasteiger partial charge in [0.1, 0.15) is 11.3 Å². The predicted molar refractivity (Wildman–Crippen MR) is 74.1 cm³/mol. The molecule has 0 spiro atoms. The van der Waals surface area contributed by atoms with Gasteiger partial charge in [0.25, 0.3) is 11.6 Å². The van der Waals surface area contributed by atoms with Crippen LogP contribution in [0.15, 0.2) is 12.3 Å². The van der Waals surface area contributed by atoms with Crippen LogP contribution in [0, 0.1) is 10.1 Å². The van der Waals surface area contributed by atoms with Crippen molar-refractivity contribution in [3.8, 4) is 0 Å². The number of esters is 1. The van der Waals surface area contributed by atoms with E-state index in [1.165, 1.54) is 11.9 Å². The number of carbonyl (C=O) groups excluding carboxylic acids is 2. The lowest BCUT2D eigenvalue weighted by Gasteiger charge is -2.16. The smallest absolute Gasteiger partial charge is 0.307 e. The molecular weight excluding hydrogens is 302 g/mol. The maximum atomic E-state index is 12.1. The standard InChI is InChI=1S/C12H14ClN3O5/c1-3-21-10(17)4-5-15(2)12(18)9-6-8(16(19)20)7-14-11(9)13/h6-7H,3-5H2,1-2H3. The van der Waals surface area contributed by atoms with Gasteiger partial charge < -0.3 is 9.64 Å². The molecule has 1 aromatic heterocycles. The molecule has 0 saturated heterocycles. The number of hydrogen-bond donors (Lipinski definition) is 0. The molecule has 21 heavy (non-hydrogen) atoms. The second-order valence-corrected chi connectivity index (χ2v) is 4.43. The second-order valence-electron chi connectivity index (χ2n) is 4.07. The first-order chi connectivity index (χ1) is 9.86.